The van der Waals surface area contributed by atoms with Crippen LogP contribution < -0.4 is 9.64 Å². The summed E-state index contributed by atoms with van der Waals surface area (Å²) in [5.41, 5.74) is 3.19. The second-order valence-electron chi connectivity index (χ2n) is 6.28. The highest BCUT2D eigenvalue weighted by Crippen LogP contribution is 2.28. The molecule has 0 atom stereocenters. The summed E-state index contributed by atoms with van der Waals surface area (Å²) >= 11 is 6.04. The Hall–Kier alpha value is -2.24. The van der Waals surface area contributed by atoms with Crippen molar-refractivity contribution in [3.05, 3.63) is 59.5 Å². The zero-order valence-electron chi connectivity index (χ0n) is 14.2. The molecule has 6 heteroatoms. The van der Waals surface area contributed by atoms with Gasteiger partial charge in [0.1, 0.15) is 11.4 Å². The Labute approximate surface area is 152 Å². The van der Waals surface area contributed by atoms with Crippen molar-refractivity contribution in [1.82, 2.24) is 14.3 Å². The second-order valence-corrected chi connectivity index (χ2v) is 6.72. The van der Waals surface area contributed by atoms with E-state index >= 15 is 0 Å². The maximum atomic E-state index is 6.04. The van der Waals surface area contributed by atoms with E-state index in [0.717, 1.165) is 54.8 Å². The first-order valence-electron chi connectivity index (χ1n) is 8.46. The van der Waals surface area contributed by atoms with E-state index in [4.69, 9.17) is 16.3 Å². The van der Waals surface area contributed by atoms with Gasteiger partial charge in [-0.05, 0) is 24.3 Å². The van der Waals surface area contributed by atoms with Crippen LogP contribution in [0.4, 0.5) is 5.69 Å². The van der Waals surface area contributed by atoms with Crippen LogP contribution >= 0.6 is 11.6 Å². The van der Waals surface area contributed by atoms with Gasteiger partial charge in [0.15, 0.2) is 0 Å². The van der Waals surface area contributed by atoms with Gasteiger partial charge in [-0.2, -0.15) is 0 Å². The SMILES string of the molecule is COc1ccccc1N1CCN(Cc2cn3cc(Cl)ccc3n2)CC1. The molecule has 1 saturated heterocycles. The molecule has 0 radical (unpaired) electrons. The Bertz CT molecular complexity index is 871. The number of pyridine rings is 1. The van der Waals surface area contributed by atoms with Crippen molar-refractivity contribution in [2.45, 2.75) is 6.54 Å². The number of benzene rings is 1. The molecule has 0 saturated carbocycles. The lowest BCUT2D eigenvalue weighted by Crippen LogP contribution is -2.46. The number of rotatable bonds is 4. The Morgan fingerprint density at radius 3 is 2.64 bits per heavy atom. The van der Waals surface area contributed by atoms with Gasteiger partial charge >= 0.3 is 0 Å². The van der Waals surface area contributed by atoms with Crippen molar-refractivity contribution in [2.75, 3.05) is 38.2 Å². The van der Waals surface area contributed by atoms with Gasteiger partial charge in [-0.25, -0.2) is 4.98 Å². The number of anilines is 1. The van der Waals surface area contributed by atoms with Crippen molar-refractivity contribution in [3.63, 3.8) is 0 Å². The molecule has 1 aromatic carbocycles. The van der Waals surface area contributed by atoms with Crippen LogP contribution in [0.25, 0.3) is 5.65 Å². The fourth-order valence-electron chi connectivity index (χ4n) is 3.36. The highest BCUT2D eigenvalue weighted by atomic mass is 35.5. The van der Waals surface area contributed by atoms with Crippen LogP contribution in [0.1, 0.15) is 5.69 Å². The molecule has 0 amide bonds. The van der Waals surface area contributed by atoms with Crippen molar-refractivity contribution in [2.24, 2.45) is 0 Å². The van der Waals surface area contributed by atoms with E-state index < -0.39 is 0 Å². The zero-order chi connectivity index (χ0) is 17.2. The zero-order valence-corrected chi connectivity index (χ0v) is 15.0. The number of piperazine rings is 1. The highest BCUT2D eigenvalue weighted by molar-refractivity contribution is 6.30. The fraction of sp³-hybridized carbons (Fsp3) is 0.316. The molecular formula is C19H21ClN4O. The summed E-state index contributed by atoms with van der Waals surface area (Å²) in [5, 5.41) is 0.724. The Morgan fingerprint density at radius 1 is 1.04 bits per heavy atom. The number of ether oxygens (including phenoxy) is 1. The quantitative estimate of drug-likeness (QED) is 0.718. The number of hydrogen-bond acceptors (Lipinski definition) is 4. The summed E-state index contributed by atoms with van der Waals surface area (Å²) in [5.74, 6) is 0.938. The molecule has 0 N–H and O–H groups in total. The van der Waals surface area contributed by atoms with Crippen molar-refractivity contribution >= 4 is 22.9 Å². The highest BCUT2D eigenvalue weighted by Gasteiger charge is 2.20. The number of fused-ring (bicyclic) bond motifs is 1. The predicted molar refractivity (Wildman–Crippen MR) is 101 cm³/mol. The molecule has 25 heavy (non-hydrogen) atoms. The molecule has 2 aromatic heterocycles. The third-order valence-electron chi connectivity index (χ3n) is 4.65. The minimum atomic E-state index is 0.724. The van der Waals surface area contributed by atoms with Gasteiger partial charge in [0.25, 0.3) is 0 Å². The molecular weight excluding hydrogens is 336 g/mol. The average molecular weight is 357 g/mol. The maximum absolute atomic E-state index is 6.04. The first-order valence-corrected chi connectivity index (χ1v) is 8.84. The average Bonchev–Trinajstić information content (AvgIpc) is 3.03. The van der Waals surface area contributed by atoms with E-state index in [0.29, 0.717) is 0 Å². The molecule has 5 nitrogen and oxygen atoms in total. The van der Waals surface area contributed by atoms with Gasteiger partial charge < -0.3 is 14.0 Å². The lowest BCUT2D eigenvalue weighted by molar-refractivity contribution is 0.247. The Balaban J connectivity index is 1.41. The van der Waals surface area contributed by atoms with Gasteiger partial charge in [0.05, 0.1) is 23.5 Å². The lowest BCUT2D eigenvalue weighted by Gasteiger charge is -2.36. The van der Waals surface area contributed by atoms with Crippen molar-refractivity contribution in [3.8, 4) is 5.75 Å². The molecule has 1 aliphatic heterocycles. The van der Waals surface area contributed by atoms with E-state index in [-0.39, 0.29) is 0 Å². The van der Waals surface area contributed by atoms with Crippen LogP contribution in [0.15, 0.2) is 48.8 Å². The van der Waals surface area contributed by atoms with Gasteiger partial charge in [-0.15, -0.1) is 0 Å². The summed E-state index contributed by atoms with van der Waals surface area (Å²) in [7, 11) is 1.73. The van der Waals surface area contributed by atoms with Gasteiger partial charge in [-0.1, -0.05) is 23.7 Å². The summed E-state index contributed by atoms with van der Waals surface area (Å²) < 4.78 is 7.47. The number of halogens is 1. The monoisotopic (exact) mass is 356 g/mol. The third-order valence-corrected chi connectivity index (χ3v) is 4.87. The maximum Gasteiger partial charge on any atom is 0.142 e. The number of hydrogen-bond donors (Lipinski definition) is 0. The van der Waals surface area contributed by atoms with Crippen LogP contribution in [0.5, 0.6) is 5.75 Å². The molecule has 4 rings (SSSR count). The van der Waals surface area contributed by atoms with Crippen molar-refractivity contribution in [1.29, 1.82) is 0 Å². The third kappa shape index (κ3) is 3.43. The summed E-state index contributed by atoms with van der Waals surface area (Å²) in [6, 6.07) is 12.0. The van der Waals surface area contributed by atoms with Gasteiger partial charge in [-0.3, -0.25) is 4.90 Å². The molecule has 0 spiro atoms. The molecule has 0 aliphatic carbocycles. The van der Waals surface area contributed by atoms with Crippen LogP contribution in [0, 0.1) is 0 Å². The topological polar surface area (TPSA) is 33.0 Å². The van der Waals surface area contributed by atoms with E-state index in [2.05, 4.69) is 33.1 Å². The van der Waals surface area contributed by atoms with E-state index in [1.165, 1.54) is 5.69 Å². The number of imidazole rings is 1. The number of nitrogens with zero attached hydrogens (tertiary/aromatic N) is 4. The number of methoxy groups -OCH3 is 1. The van der Waals surface area contributed by atoms with Crippen LogP contribution in [0.2, 0.25) is 5.02 Å². The smallest absolute Gasteiger partial charge is 0.142 e. The summed E-state index contributed by atoms with van der Waals surface area (Å²) in [4.78, 5) is 9.51. The molecule has 1 fully saturated rings. The standard InChI is InChI=1S/C19H21ClN4O/c1-25-18-5-3-2-4-17(18)23-10-8-22(9-11-23)13-16-14-24-12-15(20)6-7-19(24)21-16/h2-7,12,14H,8-11,13H2,1H3. The van der Waals surface area contributed by atoms with Crippen LogP contribution in [0.3, 0.4) is 0 Å². The van der Waals surface area contributed by atoms with Crippen LogP contribution in [-0.4, -0.2) is 47.6 Å². The Kier molecular flexibility index (Phi) is 4.51. The summed E-state index contributed by atoms with van der Waals surface area (Å²) in [6.07, 6.45) is 3.96. The van der Waals surface area contributed by atoms with E-state index in [1.807, 2.05) is 34.9 Å². The van der Waals surface area contributed by atoms with E-state index in [9.17, 15) is 0 Å². The van der Waals surface area contributed by atoms with Crippen molar-refractivity contribution < 1.29 is 4.74 Å². The fourth-order valence-corrected chi connectivity index (χ4v) is 3.53. The first kappa shape index (κ1) is 16.2. The van der Waals surface area contributed by atoms with E-state index in [1.54, 1.807) is 7.11 Å². The molecule has 0 bridgehead atoms. The molecule has 0 unspecified atom stereocenters. The minimum Gasteiger partial charge on any atom is -0.495 e. The van der Waals surface area contributed by atoms with Gasteiger partial charge in [0.2, 0.25) is 0 Å². The first-order chi connectivity index (χ1) is 12.2. The van der Waals surface area contributed by atoms with Gasteiger partial charge in [0, 0.05) is 45.1 Å². The molecule has 130 valence electrons. The Morgan fingerprint density at radius 2 is 1.84 bits per heavy atom. The minimum absolute atomic E-state index is 0.724. The van der Waals surface area contributed by atoms with Crippen LogP contribution in [-0.2, 0) is 6.54 Å². The largest absolute Gasteiger partial charge is 0.495 e. The molecule has 1 aliphatic rings. The second kappa shape index (κ2) is 6.94. The normalized spacial score (nSPS) is 15.7. The predicted octanol–water partition coefficient (Wildman–Crippen LogP) is 3.32. The molecule has 3 aromatic rings. The summed E-state index contributed by atoms with van der Waals surface area (Å²) in [6.45, 7) is 4.84. The lowest BCUT2D eigenvalue weighted by atomic mass is 10.2. The number of aromatic nitrogens is 2. The number of para-hydroxylation sites is 2. The molecule has 3 heterocycles.